The molecule has 0 aliphatic heterocycles. The number of nitrogens with one attached hydrogen (secondary N) is 1. The zero-order valence-electron chi connectivity index (χ0n) is 10.4. The number of rotatable bonds is 2. The first-order valence-electron chi connectivity index (χ1n) is 6.16. The molecule has 1 amide bonds. The summed E-state index contributed by atoms with van der Waals surface area (Å²) in [6, 6.07) is 1.93. The summed E-state index contributed by atoms with van der Waals surface area (Å²) in [5, 5.41) is 6.46. The van der Waals surface area contributed by atoms with Crippen molar-refractivity contribution in [1.29, 1.82) is 0 Å². The molecule has 0 aromatic carbocycles. The first-order chi connectivity index (χ1) is 8.08. The van der Waals surface area contributed by atoms with Gasteiger partial charge in [-0.25, -0.2) is 0 Å². The summed E-state index contributed by atoms with van der Waals surface area (Å²) in [5.41, 5.74) is 5.98. The van der Waals surface area contributed by atoms with Gasteiger partial charge in [-0.05, 0) is 18.8 Å². The van der Waals surface area contributed by atoms with Crippen molar-refractivity contribution < 1.29 is 4.79 Å². The molecule has 2 rings (SSSR count). The van der Waals surface area contributed by atoms with Crippen molar-refractivity contribution in [3.8, 4) is 0 Å². The van der Waals surface area contributed by atoms with Crippen molar-refractivity contribution in [3.63, 3.8) is 0 Å². The molecule has 5 nitrogen and oxygen atoms in total. The van der Waals surface area contributed by atoms with E-state index in [9.17, 15) is 4.79 Å². The highest BCUT2D eigenvalue weighted by atomic mass is 16.2. The third-order valence-corrected chi connectivity index (χ3v) is 3.60. The maximum absolute atomic E-state index is 12.2. The molecular formula is C12H20N4O. The number of carbonyl (C=O) groups excluding carboxylic acids is 1. The van der Waals surface area contributed by atoms with Crippen LogP contribution < -0.4 is 5.73 Å². The molecule has 94 valence electrons. The SMILES string of the molecule is CC1CCCC(N(C)C(=O)c2cc(N)n[nH]2)C1. The summed E-state index contributed by atoms with van der Waals surface area (Å²) in [6.45, 7) is 2.25. The van der Waals surface area contributed by atoms with E-state index in [4.69, 9.17) is 5.73 Å². The molecule has 1 fully saturated rings. The fourth-order valence-corrected chi connectivity index (χ4v) is 2.56. The zero-order chi connectivity index (χ0) is 12.4. The molecule has 2 unspecified atom stereocenters. The fraction of sp³-hybridized carbons (Fsp3) is 0.667. The predicted molar refractivity (Wildman–Crippen MR) is 66.5 cm³/mol. The number of nitrogens with zero attached hydrogens (tertiary/aromatic N) is 2. The van der Waals surface area contributed by atoms with E-state index in [0.717, 1.165) is 12.8 Å². The van der Waals surface area contributed by atoms with Gasteiger partial charge in [0.25, 0.3) is 5.91 Å². The minimum absolute atomic E-state index is 0.0201. The quantitative estimate of drug-likeness (QED) is 0.819. The van der Waals surface area contributed by atoms with Crippen LogP contribution in [0.5, 0.6) is 0 Å². The number of hydrogen-bond acceptors (Lipinski definition) is 3. The van der Waals surface area contributed by atoms with Crippen molar-refractivity contribution >= 4 is 11.7 Å². The van der Waals surface area contributed by atoms with Gasteiger partial charge in [0.05, 0.1) is 0 Å². The first-order valence-corrected chi connectivity index (χ1v) is 6.16. The van der Waals surface area contributed by atoms with E-state index < -0.39 is 0 Å². The van der Waals surface area contributed by atoms with Crippen LogP contribution in [0.4, 0.5) is 5.82 Å². The van der Waals surface area contributed by atoms with Gasteiger partial charge < -0.3 is 10.6 Å². The predicted octanol–water partition coefficient (Wildman–Crippen LogP) is 1.64. The number of nitrogen functional groups attached to an aromatic ring is 1. The molecule has 0 saturated heterocycles. The third kappa shape index (κ3) is 2.60. The zero-order valence-corrected chi connectivity index (χ0v) is 10.4. The molecule has 1 aliphatic rings. The van der Waals surface area contributed by atoms with Gasteiger partial charge in [-0.3, -0.25) is 9.89 Å². The monoisotopic (exact) mass is 236 g/mol. The van der Waals surface area contributed by atoms with Gasteiger partial charge in [0, 0.05) is 19.2 Å². The van der Waals surface area contributed by atoms with Crippen LogP contribution in [0.25, 0.3) is 0 Å². The number of hydrogen-bond donors (Lipinski definition) is 2. The number of aromatic nitrogens is 2. The fourth-order valence-electron chi connectivity index (χ4n) is 2.56. The highest BCUT2D eigenvalue weighted by molar-refractivity contribution is 5.93. The highest BCUT2D eigenvalue weighted by Gasteiger charge is 2.26. The van der Waals surface area contributed by atoms with E-state index in [0.29, 0.717) is 23.5 Å². The molecule has 1 heterocycles. The number of carbonyl (C=O) groups is 1. The molecule has 1 aromatic rings. The van der Waals surface area contributed by atoms with Crippen LogP contribution >= 0.6 is 0 Å². The minimum Gasteiger partial charge on any atom is -0.382 e. The second-order valence-electron chi connectivity index (χ2n) is 5.05. The lowest BCUT2D eigenvalue weighted by Crippen LogP contribution is -2.40. The largest absolute Gasteiger partial charge is 0.382 e. The molecule has 1 aromatic heterocycles. The van der Waals surface area contributed by atoms with Crippen molar-refractivity contribution in [2.45, 2.75) is 38.6 Å². The molecule has 3 N–H and O–H groups in total. The molecule has 5 heteroatoms. The maximum Gasteiger partial charge on any atom is 0.271 e. The van der Waals surface area contributed by atoms with Crippen LogP contribution in [0.2, 0.25) is 0 Å². The number of anilines is 1. The van der Waals surface area contributed by atoms with E-state index in [2.05, 4.69) is 17.1 Å². The van der Waals surface area contributed by atoms with Gasteiger partial charge in [0.1, 0.15) is 11.5 Å². The van der Waals surface area contributed by atoms with E-state index in [1.165, 1.54) is 12.8 Å². The topological polar surface area (TPSA) is 75.0 Å². The summed E-state index contributed by atoms with van der Waals surface area (Å²) in [4.78, 5) is 14.0. The highest BCUT2D eigenvalue weighted by Crippen LogP contribution is 2.27. The average molecular weight is 236 g/mol. The van der Waals surface area contributed by atoms with Gasteiger partial charge in [-0.1, -0.05) is 19.8 Å². The lowest BCUT2D eigenvalue weighted by molar-refractivity contribution is 0.0666. The molecule has 0 radical (unpaired) electrons. The molecular weight excluding hydrogens is 216 g/mol. The lowest BCUT2D eigenvalue weighted by Gasteiger charge is -2.33. The molecule has 0 spiro atoms. The average Bonchev–Trinajstić information content (AvgIpc) is 2.74. The Morgan fingerprint density at radius 2 is 2.35 bits per heavy atom. The number of nitrogens with two attached hydrogens (primary N) is 1. The number of amides is 1. The molecule has 2 atom stereocenters. The molecule has 17 heavy (non-hydrogen) atoms. The number of H-pyrrole nitrogens is 1. The first kappa shape index (κ1) is 12.0. The summed E-state index contributed by atoms with van der Waals surface area (Å²) >= 11 is 0. The standard InChI is InChI=1S/C12H20N4O/c1-8-4-3-5-9(6-8)16(2)12(17)10-7-11(13)15-14-10/h7-9H,3-6H2,1-2H3,(H3,13,14,15). The third-order valence-electron chi connectivity index (χ3n) is 3.60. The summed E-state index contributed by atoms with van der Waals surface area (Å²) < 4.78 is 0. The van der Waals surface area contributed by atoms with Crippen molar-refractivity contribution in [2.24, 2.45) is 5.92 Å². The van der Waals surface area contributed by atoms with Gasteiger partial charge in [0.2, 0.25) is 0 Å². The Kier molecular flexibility index (Phi) is 3.36. The Morgan fingerprint density at radius 1 is 1.59 bits per heavy atom. The van der Waals surface area contributed by atoms with Crippen LogP contribution in [0.15, 0.2) is 6.07 Å². The molecule has 1 saturated carbocycles. The van der Waals surface area contributed by atoms with E-state index in [1.54, 1.807) is 6.07 Å². The Balaban J connectivity index is 2.04. The molecule has 1 aliphatic carbocycles. The van der Waals surface area contributed by atoms with Crippen molar-refractivity contribution in [2.75, 3.05) is 12.8 Å². The van der Waals surface area contributed by atoms with E-state index >= 15 is 0 Å². The van der Waals surface area contributed by atoms with Crippen LogP contribution in [0.3, 0.4) is 0 Å². The van der Waals surface area contributed by atoms with Crippen LogP contribution in [-0.4, -0.2) is 34.1 Å². The maximum atomic E-state index is 12.2. The Morgan fingerprint density at radius 3 is 2.94 bits per heavy atom. The minimum atomic E-state index is -0.0201. The van der Waals surface area contributed by atoms with Gasteiger partial charge in [-0.15, -0.1) is 0 Å². The Labute approximate surface area is 101 Å². The summed E-state index contributed by atoms with van der Waals surface area (Å²) in [5.74, 6) is 1.04. The van der Waals surface area contributed by atoms with E-state index in [1.807, 2.05) is 11.9 Å². The van der Waals surface area contributed by atoms with Crippen LogP contribution in [-0.2, 0) is 0 Å². The second-order valence-corrected chi connectivity index (χ2v) is 5.05. The normalized spacial score (nSPS) is 24.6. The molecule has 0 bridgehead atoms. The van der Waals surface area contributed by atoms with Gasteiger partial charge in [-0.2, -0.15) is 5.10 Å². The lowest BCUT2D eigenvalue weighted by atomic mass is 9.86. The van der Waals surface area contributed by atoms with Crippen molar-refractivity contribution in [1.82, 2.24) is 15.1 Å². The summed E-state index contributed by atoms with van der Waals surface area (Å²) in [6.07, 6.45) is 4.66. The van der Waals surface area contributed by atoms with Crippen LogP contribution in [0, 0.1) is 5.92 Å². The van der Waals surface area contributed by atoms with E-state index in [-0.39, 0.29) is 5.91 Å². The Bertz CT molecular complexity index is 401. The smallest absolute Gasteiger partial charge is 0.271 e. The Hall–Kier alpha value is -1.52. The number of aromatic amines is 1. The van der Waals surface area contributed by atoms with Crippen LogP contribution in [0.1, 0.15) is 43.1 Å². The van der Waals surface area contributed by atoms with Gasteiger partial charge >= 0.3 is 0 Å². The van der Waals surface area contributed by atoms with Crippen molar-refractivity contribution in [3.05, 3.63) is 11.8 Å². The summed E-state index contributed by atoms with van der Waals surface area (Å²) in [7, 11) is 1.86. The second kappa shape index (κ2) is 4.77. The van der Waals surface area contributed by atoms with Gasteiger partial charge in [0.15, 0.2) is 0 Å².